The maximum atomic E-state index is 12.8. The van der Waals surface area contributed by atoms with E-state index in [1.807, 2.05) is 29.2 Å². The third kappa shape index (κ3) is 2.70. The number of rotatable bonds is 4. The number of ether oxygens (including phenoxy) is 1. The van der Waals surface area contributed by atoms with Crippen LogP contribution in [0, 0.1) is 6.92 Å². The molecule has 4 heteroatoms. The van der Waals surface area contributed by atoms with Gasteiger partial charge in [0.25, 0.3) is 5.91 Å². The van der Waals surface area contributed by atoms with E-state index in [1.54, 1.807) is 7.11 Å². The Morgan fingerprint density at radius 2 is 1.86 bits per heavy atom. The van der Waals surface area contributed by atoms with Crippen molar-refractivity contribution in [3.05, 3.63) is 65.2 Å². The lowest BCUT2D eigenvalue weighted by atomic mass is 10.0. The van der Waals surface area contributed by atoms with E-state index in [4.69, 9.17) is 4.74 Å². The zero-order chi connectivity index (χ0) is 15.5. The van der Waals surface area contributed by atoms with Gasteiger partial charge in [0.05, 0.1) is 12.2 Å². The average molecular weight is 296 g/mol. The molecule has 0 bridgehead atoms. The van der Waals surface area contributed by atoms with Gasteiger partial charge in [-0.05, 0) is 24.6 Å². The van der Waals surface area contributed by atoms with Crippen LogP contribution in [0.25, 0.3) is 0 Å². The monoisotopic (exact) mass is 296 g/mol. The molecular weight excluding hydrogens is 276 g/mol. The molecule has 0 spiro atoms. The van der Waals surface area contributed by atoms with Gasteiger partial charge in [-0.15, -0.1) is 0 Å². The van der Waals surface area contributed by atoms with Crippen LogP contribution in [-0.2, 0) is 4.74 Å². The number of benzene rings is 2. The van der Waals surface area contributed by atoms with E-state index < -0.39 is 0 Å². The largest absolute Gasteiger partial charge is 0.383 e. The lowest BCUT2D eigenvalue weighted by molar-refractivity contribution is 0.0609. The summed E-state index contributed by atoms with van der Waals surface area (Å²) in [7, 11) is 1.65. The van der Waals surface area contributed by atoms with Crippen molar-refractivity contribution in [3.63, 3.8) is 0 Å². The Morgan fingerprint density at radius 1 is 1.14 bits per heavy atom. The molecule has 22 heavy (non-hydrogen) atoms. The van der Waals surface area contributed by atoms with Gasteiger partial charge in [-0.25, -0.2) is 0 Å². The molecule has 1 amide bonds. The first-order chi connectivity index (χ1) is 10.7. The summed E-state index contributed by atoms with van der Waals surface area (Å²) in [4.78, 5) is 14.6. The predicted molar refractivity (Wildman–Crippen MR) is 86.9 cm³/mol. The summed E-state index contributed by atoms with van der Waals surface area (Å²) in [6.45, 7) is 3.12. The summed E-state index contributed by atoms with van der Waals surface area (Å²) in [5.74, 6) is 0.0389. The summed E-state index contributed by atoms with van der Waals surface area (Å²) in [6.07, 6.45) is -0.168. The molecule has 0 saturated heterocycles. The number of hydrogen-bond acceptors (Lipinski definition) is 3. The standard InChI is InChI=1S/C18H20N2O2/c1-13-7-9-14(10-8-13)17-19-16-6-4-3-5-15(16)18(21)20(17)11-12-22-2/h3-10,17,19H,11-12H2,1-2H3. The second-order valence-electron chi connectivity index (χ2n) is 5.49. The van der Waals surface area contributed by atoms with Crippen molar-refractivity contribution in [2.45, 2.75) is 13.1 Å². The molecule has 1 aliphatic rings. The number of nitrogens with zero attached hydrogens (tertiary/aromatic N) is 1. The van der Waals surface area contributed by atoms with Gasteiger partial charge in [-0.2, -0.15) is 0 Å². The van der Waals surface area contributed by atoms with E-state index in [0.717, 1.165) is 11.3 Å². The molecule has 4 nitrogen and oxygen atoms in total. The minimum absolute atomic E-state index is 0.0389. The summed E-state index contributed by atoms with van der Waals surface area (Å²) in [5, 5.41) is 3.47. The first-order valence-electron chi connectivity index (χ1n) is 7.43. The number of amides is 1. The van der Waals surface area contributed by atoms with Crippen molar-refractivity contribution in [2.24, 2.45) is 0 Å². The fourth-order valence-corrected chi connectivity index (χ4v) is 2.72. The number of carbonyl (C=O) groups excluding carboxylic acids is 1. The molecule has 3 rings (SSSR count). The Balaban J connectivity index is 1.99. The van der Waals surface area contributed by atoms with Gasteiger partial charge in [0.2, 0.25) is 0 Å². The summed E-state index contributed by atoms with van der Waals surface area (Å²) >= 11 is 0. The Kier molecular flexibility index (Phi) is 4.11. The van der Waals surface area contributed by atoms with Gasteiger partial charge < -0.3 is 15.0 Å². The van der Waals surface area contributed by atoms with E-state index >= 15 is 0 Å². The van der Waals surface area contributed by atoms with Gasteiger partial charge >= 0.3 is 0 Å². The molecule has 1 heterocycles. The number of fused-ring (bicyclic) bond motifs is 1. The van der Waals surface area contributed by atoms with Gasteiger partial charge in [-0.3, -0.25) is 4.79 Å². The minimum atomic E-state index is -0.168. The van der Waals surface area contributed by atoms with E-state index in [1.165, 1.54) is 5.56 Å². The molecular formula is C18H20N2O2. The Hall–Kier alpha value is -2.33. The molecule has 0 aromatic heterocycles. The highest BCUT2D eigenvalue weighted by Gasteiger charge is 2.32. The molecule has 114 valence electrons. The van der Waals surface area contributed by atoms with Crippen LogP contribution in [0.2, 0.25) is 0 Å². The predicted octanol–water partition coefficient (Wildman–Crippen LogP) is 3.21. The zero-order valence-electron chi connectivity index (χ0n) is 12.9. The van der Waals surface area contributed by atoms with Crippen molar-refractivity contribution in [2.75, 3.05) is 25.6 Å². The first kappa shape index (κ1) is 14.6. The SMILES string of the molecule is COCCN1C(=O)c2ccccc2NC1c1ccc(C)cc1. The smallest absolute Gasteiger partial charge is 0.257 e. The number of para-hydroxylation sites is 1. The quantitative estimate of drug-likeness (QED) is 0.942. The molecule has 2 aromatic carbocycles. The lowest BCUT2D eigenvalue weighted by Crippen LogP contribution is -2.44. The summed E-state index contributed by atoms with van der Waals surface area (Å²) in [5.41, 5.74) is 3.87. The van der Waals surface area contributed by atoms with E-state index in [-0.39, 0.29) is 12.1 Å². The molecule has 0 fully saturated rings. The molecule has 2 aromatic rings. The van der Waals surface area contributed by atoms with E-state index in [9.17, 15) is 4.79 Å². The Labute approximate surface area is 130 Å². The Bertz CT molecular complexity index is 667. The van der Waals surface area contributed by atoms with Gasteiger partial charge in [0.15, 0.2) is 0 Å². The van der Waals surface area contributed by atoms with Crippen LogP contribution < -0.4 is 5.32 Å². The summed E-state index contributed by atoms with van der Waals surface area (Å²) < 4.78 is 5.16. The first-order valence-corrected chi connectivity index (χ1v) is 7.43. The second-order valence-corrected chi connectivity index (χ2v) is 5.49. The maximum absolute atomic E-state index is 12.8. The van der Waals surface area contributed by atoms with Crippen LogP contribution in [0.4, 0.5) is 5.69 Å². The van der Waals surface area contributed by atoms with Crippen LogP contribution in [0.3, 0.4) is 0 Å². The Morgan fingerprint density at radius 3 is 2.59 bits per heavy atom. The molecule has 1 aliphatic heterocycles. The lowest BCUT2D eigenvalue weighted by Gasteiger charge is -2.38. The van der Waals surface area contributed by atoms with Crippen molar-refractivity contribution in [3.8, 4) is 0 Å². The molecule has 1 unspecified atom stereocenters. The molecule has 0 radical (unpaired) electrons. The van der Waals surface area contributed by atoms with Crippen LogP contribution in [0.5, 0.6) is 0 Å². The molecule has 1 atom stereocenters. The second kappa shape index (κ2) is 6.20. The average Bonchev–Trinajstić information content (AvgIpc) is 2.55. The van der Waals surface area contributed by atoms with Gasteiger partial charge in [-0.1, -0.05) is 42.0 Å². The van der Waals surface area contributed by atoms with E-state index in [0.29, 0.717) is 18.7 Å². The highest BCUT2D eigenvalue weighted by molar-refractivity contribution is 6.01. The van der Waals surface area contributed by atoms with E-state index in [2.05, 4.69) is 36.5 Å². The fraction of sp³-hybridized carbons (Fsp3) is 0.278. The van der Waals surface area contributed by atoms with Gasteiger partial charge in [0.1, 0.15) is 6.17 Å². The number of anilines is 1. The van der Waals surface area contributed by atoms with Crippen LogP contribution in [0.1, 0.15) is 27.7 Å². The fourth-order valence-electron chi connectivity index (χ4n) is 2.72. The van der Waals surface area contributed by atoms with Gasteiger partial charge in [0, 0.05) is 19.3 Å². The number of carbonyl (C=O) groups is 1. The zero-order valence-corrected chi connectivity index (χ0v) is 12.9. The molecule has 0 saturated carbocycles. The van der Waals surface area contributed by atoms with Crippen molar-refractivity contribution < 1.29 is 9.53 Å². The van der Waals surface area contributed by atoms with Crippen molar-refractivity contribution in [1.29, 1.82) is 0 Å². The van der Waals surface area contributed by atoms with Crippen LogP contribution in [-0.4, -0.2) is 31.1 Å². The van der Waals surface area contributed by atoms with Crippen LogP contribution in [0.15, 0.2) is 48.5 Å². The third-order valence-corrected chi connectivity index (χ3v) is 3.95. The number of hydrogen-bond donors (Lipinski definition) is 1. The molecule has 1 N–H and O–H groups in total. The van der Waals surface area contributed by atoms with Crippen molar-refractivity contribution >= 4 is 11.6 Å². The highest BCUT2D eigenvalue weighted by Crippen LogP contribution is 2.32. The highest BCUT2D eigenvalue weighted by atomic mass is 16.5. The third-order valence-electron chi connectivity index (χ3n) is 3.95. The normalized spacial score (nSPS) is 17.1. The van der Waals surface area contributed by atoms with Crippen molar-refractivity contribution in [1.82, 2.24) is 4.90 Å². The van der Waals surface area contributed by atoms with Crippen LogP contribution >= 0.6 is 0 Å². The summed E-state index contributed by atoms with van der Waals surface area (Å²) in [6, 6.07) is 15.9. The minimum Gasteiger partial charge on any atom is -0.383 e. The molecule has 0 aliphatic carbocycles. The topological polar surface area (TPSA) is 41.6 Å². The maximum Gasteiger partial charge on any atom is 0.257 e. The number of nitrogens with one attached hydrogen (secondary N) is 1. The number of methoxy groups -OCH3 is 1. The number of aryl methyl sites for hydroxylation is 1.